The molecule has 2 bridgehead atoms. The molecule has 38 heavy (non-hydrogen) atoms. The van der Waals surface area contributed by atoms with Crippen molar-refractivity contribution in [3.05, 3.63) is 106 Å². The van der Waals surface area contributed by atoms with Crippen LogP contribution in [0.5, 0.6) is 0 Å². The lowest BCUT2D eigenvalue weighted by Gasteiger charge is -2.27. The molecule has 0 aromatic heterocycles. The lowest BCUT2D eigenvalue weighted by Crippen LogP contribution is -2.30. The summed E-state index contributed by atoms with van der Waals surface area (Å²) in [4.78, 5) is 2.45. The predicted molar refractivity (Wildman–Crippen MR) is 159 cm³/mol. The Morgan fingerprint density at radius 2 is 1.61 bits per heavy atom. The molecule has 196 valence electrons. The van der Waals surface area contributed by atoms with Gasteiger partial charge in [0.2, 0.25) is 5.69 Å². The number of halogens is 1. The number of para-hydroxylation sites is 2. The van der Waals surface area contributed by atoms with E-state index in [1.807, 2.05) is 0 Å². The van der Waals surface area contributed by atoms with Gasteiger partial charge in [-0.2, -0.15) is 4.58 Å². The number of hydrogen-bond acceptors (Lipinski definition) is 2. The van der Waals surface area contributed by atoms with Crippen LogP contribution in [0.15, 0.2) is 94.7 Å². The molecule has 0 atom stereocenters. The molecule has 0 radical (unpaired) electrons. The molecule has 0 fully saturated rings. The van der Waals surface area contributed by atoms with Crippen LogP contribution in [0.1, 0.15) is 58.1 Å². The smallest absolute Gasteiger partial charge is 0.209 e. The van der Waals surface area contributed by atoms with E-state index in [2.05, 4.69) is 110 Å². The summed E-state index contributed by atoms with van der Waals surface area (Å²) in [5.41, 5.74) is 10.2. The van der Waals surface area contributed by atoms with Crippen molar-refractivity contribution >= 4 is 28.7 Å². The molecule has 0 amide bonds. The summed E-state index contributed by atoms with van der Waals surface area (Å²) >= 11 is 7.09. The van der Waals surface area contributed by atoms with Gasteiger partial charge in [0.1, 0.15) is 6.61 Å². The first-order valence-corrected chi connectivity index (χ1v) is 14.4. The average molecular weight is 526 g/mol. The van der Waals surface area contributed by atoms with Gasteiger partial charge in [0, 0.05) is 46.1 Å². The third-order valence-electron chi connectivity index (χ3n) is 8.86. The lowest BCUT2D eigenvalue weighted by molar-refractivity contribution is -0.442. The van der Waals surface area contributed by atoms with Crippen LogP contribution in [0.2, 0.25) is 0 Å². The second-order valence-electron chi connectivity index (χ2n) is 11.9. The first-order valence-electron chi connectivity index (χ1n) is 14.0. The summed E-state index contributed by atoms with van der Waals surface area (Å²) in [5, 5.41) is 0.917. The minimum Gasteiger partial charge on any atom is -0.373 e. The Kier molecular flexibility index (Phi) is 6.48. The van der Waals surface area contributed by atoms with Crippen molar-refractivity contribution in [3.63, 3.8) is 0 Å². The molecular weight excluding hydrogens is 488 g/mol. The monoisotopic (exact) mass is 525 g/mol. The van der Waals surface area contributed by atoms with E-state index in [0.717, 1.165) is 37.4 Å². The Bertz CT molecular complexity index is 1440. The summed E-state index contributed by atoms with van der Waals surface area (Å²) in [5.74, 6) is 0. The van der Waals surface area contributed by atoms with E-state index >= 15 is 0 Å². The number of fused-ring (bicyclic) bond motifs is 6. The predicted octanol–water partition coefficient (Wildman–Crippen LogP) is 7.93. The van der Waals surface area contributed by atoms with Gasteiger partial charge < -0.3 is 9.64 Å². The van der Waals surface area contributed by atoms with Crippen molar-refractivity contribution in [3.8, 4) is 0 Å². The van der Waals surface area contributed by atoms with Gasteiger partial charge in [-0.25, -0.2) is 0 Å². The van der Waals surface area contributed by atoms with Gasteiger partial charge in [0.25, 0.3) is 0 Å². The summed E-state index contributed by atoms with van der Waals surface area (Å²) in [6, 6.07) is 17.6. The van der Waals surface area contributed by atoms with Crippen molar-refractivity contribution < 1.29 is 9.31 Å². The minimum atomic E-state index is -0.0820. The maximum atomic E-state index is 7.09. The zero-order chi connectivity index (χ0) is 26.5. The van der Waals surface area contributed by atoms with Crippen molar-refractivity contribution in [1.82, 2.24) is 0 Å². The molecule has 2 aromatic carbocycles. The third-order valence-corrected chi connectivity index (χ3v) is 9.34. The number of ether oxygens (including phenoxy) is 1. The van der Waals surface area contributed by atoms with Crippen molar-refractivity contribution in [2.45, 2.75) is 57.8 Å². The Hall–Kier alpha value is -2.88. The van der Waals surface area contributed by atoms with Gasteiger partial charge >= 0.3 is 0 Å². The summed E-state index contributed by atoms with van der Waals surface area (Å²) in [6.07, 6.45) is 12.3. The van der Waals surface area contributed by atoms with Crippen LogP contribution in [0.3, 0.4) is 0 Å². The molecule has 6 rings (SSSR count). The van der Waals surface area contributed by atoms with Crippen LogP contribution in [-0.4, -0.2) is 36.6 Å². The van der Waals surface area contributed by atoms with Gasteiger partial charge in [-0.15, -0.1) is 0 Å². The van der Waals surface area contributed by atoms with Crippen LogP contribution in [0.4, 0.5) is 11.4 Å². The second-order valence-corrected chi connectivity index (χ2v) is 12.2. The highest BCUT2D eigenvalue weighted by molar-refractivity contribution is 6.32. The summed E-state index contributed by atoms with van der Waals surface area (Å²) < 4.78 is 8.76. The molecule has 3 heterocycles. The average Bonchev–Trinajstić information content (AvgIpc) is 3.25. The van der Waals surface area contributed by atoms with E-state index in [1.54, 1.807) is 0 Å². The van der Waals surface area contributed by atoms with Crippen molar-refractivity contribution in [1.29, 1.82) is 0 Å². The maximum Gasteiger partial charge on any atom is 0.209 e. The van der Waals surface area contributed by atoms with Crippen LogP contribution >= 0.6 is 11.6 Å². The fourth-order valence-electron chi connectivity index (χ4n) is 6.74. The van der Waals surface area contributed by atoms with E-state index in [1.165, 1.54) is 45.1 Å². The van der Waals surface area contributed by atoms with Gasteiger partial charge in [-0.1, -0.05) is 74.0 Å². The minimum absolute atomic E-state index is 0.0820. The standard InChI is InChI=1S/C34H38ClN2O/c1-33(2)26-12-5-7-14-28(26)36-20-22-38-23-21-37-29-15-8-6-13-27(29)34(3,4)31(37)19-17-25-11-9-10-24(32(25)35)16-18-30(33)36/h5-8,12-19H,9-11,20-23H2,1-4H3/q+1. The largest absolute Gasteiger partial charge is 0.373 e. The van der Waals surface area contributed by atoms with Crippen LogP contribution in [0, 0.1) is 0 Å². The normalized spacial score (nSPS) is 26.0. The number of allylic oxidation sites excluding steroid dienone is 8. The molecule has 4 heteroatoms. The number of rotatable bonds is 0. The second kappa shape index (κ2) is 9.70. The van der Waals surface area contributed by atoms with Crippen molar-refractivity contribution in [2.24, 2.45) is 0 Å². The molecule has 2 aromatic rings. The first-order chi connectivity index (χ1) is 18.3. The van der Waals surface area contributed by atoms with E-state index in [9.17, 15) is 0 Å². The lowest BCUT2D eigenvalue weighted by atomic mass is 9.81. The third kappa shape index (κ3) is 4.12. The van der Waals surface area contributed by atoms with Crippen LogP contribution in [-0.2, 0) is 15.6 Å². The SMILES string of the molecule is CC1(C)C2=[N+](CCOCCN3/C(=C/C=C4\CCCC(=C4Cl)/C=C/2)C(C)(C)c2ccccc23)c2ccccc21. The van der Waals surface area contributed by atoms with Crippen LogP contribution < -0.4 is 4.90 Å². The molecule has 4 aliphatic rings. The molecular formula is C34H38ClN2O+. The number of benzene rings is 2. The van der Waals surface area contributed by atoms with Crippen LogP contribution in [0.25, 0.3) is 0 Å². The van der Waals surface area contributed by atoms with E-state index < -0.39 is 0 Å². The molecule has 0 saturated carbocycles. The highest BCUT2D eigenvalue weighted by Crippen LogP contribution is 2.48. The molecule has 0 saturated heterocycles. The van der Waals surface area contributed by atoms with Gasteiger partial charge in [-0.05, 0) is 62.0 Å². The number of anilines is 1. The van der Waals surface area contributed by atoms with E-state index in [4.69, 9.17) is 16.3 Å². The molecule has 1 aliphatic carbocycles. The molecule has 3 nitrogen and oxygen atoms in total. The quantitative estimate of drug-likeness (QED) is 0.324. The zero-order valence-electron chi connectivity index (χ0n) is 23.1. The Morgan fingerprint density at radius 1 is 0.842 bits per heavy atom. The molecule has 3 aliphatic heterocycles. The fourth-order valence-corrected chi connectivity index (χ4v) is 7.06. The maximum absolute atomic E-state index is 7.09. The zero-order valence-corrected chi connectivity index (χ0v) is 23.8. The Morgan fingerprint density at radius 3 is 2.45 bits per heavy atom. The molecule has 0 spiro atoms. The molecule has 0 unspecified atom stereocenters. The highest BCUT2D eigenvalue weighted by Gasteiger charge is 2.44. The Balaban J connectivity index is 1.45. The van der Waals surface area contributed by atoms with E-state index in [0.29, 0.717) is 13.2 Å². The molecule has 0 N–H and O–H groups in total. The Labute approximate surface area is 232 Å². The summed E-state index contributed by atoms with van der Waals surface area (Å²) in [7, 11) is 0. The van der Waals surface area contributed by atoms with Gasteiger partial charge in [0.05, 0.1) is 12.0 Å². The topological polar surface area (TPSA) is 15.5 Å². The van der Waals surface area contributed by atoms with Gasteiger partial charge in [0.15, 0.2) is 12.3 Å². The summed E-state index contributed by atoms with van der Waals surface area (Å²) in [6.45, 7) is 12.3. The van der Waals surface area contributed by atoms with E-state index in [-0.39, 0.29) is 10.8 Å². The fraction of sp³-hybridized carbons (Fsp3) is 0.382. The number of nitrogens with zero attached hydrogens (tertiary/aromatic N) is 2. The highest BCUT2D eigenvalue weighted by atomic mass is 35.5. The number of hydrogen-bond donors (Lipinski definition) is 0. The van der Waals surface area contributed by atoms with Gasteiger partial charge in [-0.3, -0.25) is 0 Å². The van der Waals surface area contributed by atoms with Crippen molar-refractivity contribution in [2.75, 3.05) is 31.2 Å². The first kappa shape index (κ1) is 25.4.